The third-order valence-electron chi connectivity index (χ3n) is 5.98. The van der Waals surface area contributed by atoms with E-state index >= 15 is 0 Å². The second-order valence-electron chi connectivity index (χ2n) is 8.67. The van der Waals surface area contributed by atoms with E-state index in [0.29, 0.717) is 23.5 Å². The lowest BCUT2D eigenvalue weighted by Gasteiger charge is -2.25. The fraction of sp³-hybridized carbons (Fsp3) is 0.500. The largest absolute Gasteiger partial charge is 0.421 e. The molecular weight excluding hydrogens is 514 g/mol. The number of amides is 1. The van der Waals surface area contributed by atoms with Crippen LogP contribution in [-0.4, -0.2) is 41.2 Å². The van der Waals surface area contributed by atoms with E-state index in [-0.39, 0.29) is 18.8 Å². The molecule has 1 fully saturated rings. The van der Waals surface area contributed by atoms with Crippen LogP contribution in [0.5, 0.6) is 0 Å². The minimum absolute atomic E-state index is 0.181. The van der Waals surface area contributed by atoms with Crippen LogP contribution in [0.4, 0.5) is 43.8 Å². The summed E-state index contributed by atoms with van der Waals surface area (Å²) in [5.41, 5.74) is 1.25. The fourth-order valence-electron chi connectivity index (χ4n) is 3.91. The molecule has 2 aliphatic rings. The average molecular weight is 537 g/mol. The van der Waals surface area contributed by atoms with E-state index in [1.54, 1.807) is 17.4 Å². The molecule has 1 aromatic heterocycles. The van der Waals surface area contributed by atoms with Crippen LogP contribution in [0.3, 0.4) is 0 Å². The van der Waals surface area contributed by atoms with Gasteiger partial charge >= 0.3 is 6.18 Å². The highest BCUT2D eigenvalue weighted by Gasteiger charge is 2.54. The Hall–Kier alpha value is -2.80. The summed E-state index contributed by atoms with van der Waals surface area (Å²) in [4.78, 5) is 19.6. The van der Waals surface area contributed by atoms with Gasteiger partial charge in [0.1, 0.15) is 11.4 Å². The molecule has 0 bridgehead atoms. The molecule has 196 valence electrons. The summed E-state index contributed by atoms with van der Waals surface area (Å²) in [7, 11) is 0. The molecule has 1 saturated carbocycles. The van der Waals surface area contributed by atoms with E-state index in [9.17, 15) is 31.1 Å². The van der Waals surface area contributed by atoms with E-state index in [0.717, 1.165) is 24.1 Å². The molecule has 2 aromatic rings. The number of carbonyl (C=O) groups is 1. The first-order valence-corrected chi connectivity index (χ1v) is 11.6. The lowest BCUT2D eigenvalue weighted by molar-refractivity contribution is -0.137. The Labute approximate surface area is 207 Å². The van der Waals surface area contributed by atoms with Gasteiger partial charge in [-0.25, -0.2) is 18.2 Å². The summed E-state index contributed by atoms with van der Waals surface area (Å²) < 4.78 is 81.0. The van der Waals surface area contributed by atoms with E-state index in [1.807, 2.05) is 0 Å². The van der Waals surface area contributed by atoms with Crippen molar-refractivity contribution in [3.05, 3.63) is 40.0 Å². The van der Waals surface area contributed by atoms with Crippen LogP contribution in [0.15, 0.2) is 18.3 Å². The number of aromatic nitrogens is 2. The molecule has 4 rings (SSSR count). The predicted octanol–water partition coefficient (Wildman–Crippen LogP) is 4.80. The molecule has 7 nitrogen and oxygen atoms in total. The number of hydrogen-bond donors (Lipinski definition) is 4. The zero-order valence-corrected chi connectivity index (χ0v) is 19.5. The Kier molecular flexibility index (Phi) is 7.51. The first-order valence-electron chi connectivity index (χ1n) is 11.2. The molecule has 1 aromatic carbocycles. The molecule has 36 heavy (non-hydrogen) atoms. The van der Waals surface area contributed by atoms with Gasteiger partial charge in [-0.2, -0.15) is 18.2 Å². The zero-order chi connectivity index (χ0) is 26.1. The van der Waals surface area contributed by atoms with Gasteiger partial charge in [-0.3, -0.25) is 4.79 Å². The molecule has 1 unspecified atom stereocenters. The van der Waals surface area contributed by atoms with Gasteiger partial charge in [0.2, 0.25) is 17.6 Å². The van der Waals surface area contributed by atoms with Gasteiger partial charge in [0.15, 0.2) is 0 Å². The Morgan fingerprint density at radius 3 is 2.61 bits per heavy atom. The highest BCUT2D eigenvalue weighted by atomic mass is 35.5. The molecule has 0 spiro atoms. The van der Waals surface area contributed by atoms with Crippen molar-refractivity contribution in [3.63, 3.8) is 0 Å². The number of halogens is 7. The molecule has 0 saturated heterocycles. The zero-order valence-electron chi connectivity index (χ0n) is 18.8. The molecule has 1 amide bonds. The van der Waals surface area contributed by atoms with Crippen molar-refractivity contribution in [2.45, 2.75) is 50.6 Å². The summed E-state index contributed by atoms with van der Waals surface area (Å²) in [5.74, 6) is -6.00. The minimum Gasteiger partial charge on any atom is -0.369 e. The number of rotatable bonds is 9. The van der Waals surface area contributed by atoms with Crippen molar-refractivity contribution in [2.24, 2.45) is 5.92 Å². The van der Waals surface area contributed by atoms with Crippen LogP contribution in [0.25, 0.3) is 0 Å². The van der Waals surface area contributed by atoms with Crippen LogP contribution < -0.4 is 21.3 Å². The number of nitrogens with one attached hydrogen (secondary N) is 4. The number of benzene rings is 1. The normalized spacial score (nSPS) is 17.3. The SMILES string of the molecule is O=C(CCNc1nc(Nc2cc3c(cc2Cl)CNCC3)ncc1C(F)(F)F)NC(F)(C(F)F)C1CC1. The van der Waals surface area contributed by atoms with Crippen LogP contribution in [0, 0.1) is 5.92 Å². The summed E-state index contributed by atoms with van der Waals surface area (Å²) in [6, 6.07) is 3.53. The molecule has 1 aliphatic heterocycles. The molecule has 1 atom stereocenters. The maximum Gasteiger partial charge on any atom is 0.421 e. The Balaban J connectivity index is 1.46. The monoisotopic (exact) mass is 536 g/mol. The topological polar surface area (TPSA) is 91.0 Å². The lowest BCUT2D eigenvalue weighted by atomic mass is 10.0. The number of fused-ring (bicyclic) bond motifs is 1. The smallest absolute Gasteiger partial charge is 0.369 e. The highest BCUT2D eigenvalue weighted by Crippen LogP contribution is 2.44. The Morgan fingerprint density at radius 1 is 1.19 bits per heavy atom. The summed E-state index contributed by atoms with van der Waals surface area (Å²) in [6.07, 6.45) is -7.02. The number of hydrogen-bond acceptors (Lipinski definition) is 6. The quantitative estimate of drug-likeness (QED) is 0.272. The maximum atomic E-state index is 14.4. The highest BCUT2D eigenvalue weighted by molar-refractivity contribution is 6.33. The van der Waals surface area contributed by atoms with Gasteiger partial charge in [-0.15, -0.1) is 0 Å². The van der Waals surface area contributed by atoms with Gasteiger partial charge in [0.25, 0.3) is 6.43 Å². The first-order chi connectivity index (χ1) is 17.0. The van der Waals surface area contributed by atoms with Crippen LogP contribution >= 0.6 is 11.6 Å². The van der Waals surface area contributed by atoms with Crippen molar-refractivity contribution in [1.82, 2.24) is 20.6 Å². The van der Waals surface area contributed by atoms with Crippen molar-refractivity contribution in [2.75, 3.05) is 23.7 Å². The van der Waals surface area contributed by atoms with Crippen molar-refractivity contribution in [1.29, 1.82) is 0 Å². The fourth-order valence-corrected chi connectivity index (χ4v) is 4.15. The predicted molar refractivity (Wildman–Crippen MR) is 121 cm³/mol. The van der Waals surface area contributed by atoms with Gasteiger partial charge in [-0.05, 0) is 49.1 Å². The third kappa shape index (κ3) is 5.94. The number of nitrogens with zero attached hydrogens (tertiary/aromatic N) is 2. The van der Waals surface area contributed by atoms with Gasteiger partial charge in [0, 0.05) is 31.6 Å². The third-order valence-corrected chi connectivity index (χ3v) is 6.29. The van der Waals surface area contributed by atoms with Crippen molar-refractivity contribution >= 4 is 35.0 Å². The average Bonchev–Trinajstić information content (AvgIpc) is 3.65. The van der Waals surface area contributed by atoms with Gasteiger partial charge in [0.05, 0.1) is 10.7 Å². The lowest BCUT2D eigenvalue weighted by Crippen LogP contribution is -2.52. The van der Waals surface area contributed by atoms with Crippen LogP contribution in [0.1, 0.15) is 36.0 Å². The van der Waals surface area contributed by atoms with E-state index in [4.69, 9.17) is 11.6 Å². The molecular formula is C22H23ClF6N6O. The number of carbonyl (C=O) groups excluding carboxylic acids is 1. The summed E-state index contributed by atoms with van der Waals surface area (Å²) >= 11 is 6.30. The summed E-state index contributed by atoms with van der Waals surface area (Å²) in [6.45, 7) is 1.01. The van der Waals surface area contributed by atoms with Crippen molar-refractivity contribution < 1.29 is 31.1 Å². The Bertz CT molecular complexity index is 1120. The van der Waals surface area contributed by atoms with Crippen LogP contribution in [0.2, 0.25) is 5.02 Å². The minimum atomic E-state index is -4.81. The molecule has 2 heterocycles. The first kappa shape index (κ1) is 26.3. The van der Waals surface area contributed by atoms with E-state index in [1.165, 1.54) is 0 Å². The van der Waals surface area contributed by atoms with Gasteiger partial charge in [-0.1, -0.05) is 11.6 Å². The number of alkyl halides is 6. The van der Waals surface area contributed by atoms with Gasteiger partial charge < -0.3 is 21.3 Å². The number of anilines is 3. The van der Waals surface area contributed by atoms with Crippen LogP contribution in [-0.2, 0) is 23.9 Å². The molecule has 1 aliphatic carbocycles. The molecule has 4 N–H and O–H groups in total. The Morgan fingerprint density at radius 2 is 1.94 bits per heavy atom. The van der Waals surface area contributed by atoms with E-state index in [2.05, 4.69) is 25.9 Å². The maximum absolute atomic E-state index is 14.4. The summed E-state index contributed by atoms with van der Waals surface area (Å²) in [5, 5.41) is 10.4. The standard InChI is InChI=1S/C22H23ClF6N6O/c23-15-7-12-9-30-5-3-11(12)8-16(15)33-20-32-10-14(22(27,28)29)18(34-20)31-6-4-17(36)35-21(26,19(24)25)13-1-2-13/h7-8,10,13,19,30H,1-6,9H2,(H,35,36)(H2,31,32,33,34). The second-order valence-corrected chi connectivity index (χ2v) is 9.08. The second kappa shape index (κ2) is 10.3. The van der Waals surface area contributed by atoms with E-state index < -0.39 is 54.6 Å². The van der Waals surface area contributed by atoms with Crippen molar-refractivity contribution in [3.8, 4) is 0 Å². The molecule has 0 radical (unpaired) electrons. The molecule has 14 heteroatoms.